The van der Waals surface area contributed by atoms with Gasteiger partial charge in [0.2, 0.25) is 5.72 Å². The molecule has 1 aliphatic heterocycles. The van der Waals surface area contributed by atoms with E-state index in [9.17, 15) is 32.3 Å². The first kappa shape index (κ1) is 20.1. The third kappa shape index (κ3) is 3.55. The number of halogens is 5. The summed E-state index contributed by atoms with van der Waals surface area (Å²) in [6.07, 6.45) is -5.37. The Morgan fingerprint density at radius 1 is 1.07 bits per heavy atom. The largest absolute Gasteiger partial charge is 0.437 e. The number of urea groups is 1. The minimum absolute atomic E-state index is 0.0197. The number of rotatable bonds is 3. The Morgan fingerprint density at radius 3 is 2.18 bits per heavy atom. The molecule has 0 saturated carbocycles. The smallest absolute Gasteiger partial charge is 0.363 e. The molecule has 28 heavy (non-hydrogen) atoms. The van der Waals surface area contributed by atoms with Crippen LogP contribution >= 0.6 is 11.6 Å². The van der Waals surface area contributed by atoms with Crippen molar-refractivity contribution in [3.8, 4) is 0 Å². The highest BCUT2D eigenvalue weighted by Gasteiger charge is 2.66. The van der Waals surface area contributed by atoms with Crippen molar-refractivity contribution in [3.05, 3.63) is 70.5 Å². The van der Waals surface area contributed by atoms with Gasteiger partial charge in [-0.15, -0.1) is 0 Å². The van der Waals surface area contributed by atoms with Crippen molar-refractivity contribution < 1.29 is 32.3 Å². The maximum absolute atomic E-state index is 13.7. The second-order valence-electron chi connectivity index (χ2n) is 6.24. The molecule has 3 N–H and O–H groups in total. The van der Waals surface area contributed by atoms with Crippen LogP contribution < -0.4 is 10.6 Å². The predicted molar refractivity (Wildman–Crippen MR) is 91.1 cm³/mol. The zero-order valence-electron chi connectivity index (χ0n) is 13.9. The van der Waals surface area contributed by atoms with E-state index in [-0.39, 0.29) is 16.1 Å². The van der Waals surface area contributed by atoms with E-state index in [2.05, 4.69) is 5.32 Å². The van der Waals surface area contributed by atoms with Gasteiger partial charge >= 0.3 is 12.2 Å². The number of benzene rings is 2. The quantitative estimate of drug-likeness (QED) is 0.528. The number of aliphatic hydroxyl groups is 1. The van der Waals surface area contributed by atoms with Crippen LogP contribution in [0.4, 0.5) is 22.4 Å². The molecule has 1 aliphatic rings. The summed E-state index contributed by atoms with van der Waals surface area (Å²) in [7, 11) is 0. The van der Waals surface area contributed by atoms with Gasteiger partial charge in [0, 0.05) is 10.6 Å². The van der Waals surface area contributed by atoms with Gasteiger partial charge in [-0.25, -0.2) is 9.18 Å². The minimum Gasteiger partial charge on any atom is -0.363 e. The predicted octanol–water partition coefficient (Wildman–Crippen LogP) is 3.58. The molecule has 5 nitrogen and oxygen atoms in total. The van der Waals surface area contributed by atoms with Crippen LogP contribution in [0.15, 0.2) is 48.5 Å². The van der Waals surface area contributed by atoms with E-state index in [1.54, 1.807) is 0 Å². The number of Topliss-reactive ketones (excluding diaryl/α,β-unsaturated/α-hetero) is 1. The first-order valence-electron chi connectivity index (χ1n) is 7.96. The van der Waals surface area contributed by atoms with Crippen molar-refractivity contribution in [3.63, 3.8) is 0 Å². The zero-order chi connectivity index (χ0) is 20.7. The second kappa shape index (κ2) is 7.06. The highest BCUT2D eigenvalue weighted by molar-refractivity contribution is 6.30. The number of hydrogen-bond acceptors (Lipinski definition) is 3. The number of hydrogen-bond donors (Lipinski definition) is 3. The number of carbonyl (C=O) groups excluding carboxylic acids is 2. The number of ketones is 1. The van der Waals surface area contributed by atoms with Gasteiger partial charge in [0.25, 0.3) is 0 Å². The van der Waals surface area contributed by atoms with Gasteiger partial charge in [0.15, 0.2) is 5.78 Å². The van der Waals surface area contributed by atoms with E-state index in [0.717, 1.165) is 24.3 Å². The molecule has 3 rings (SSSR count). The third-order valence-electron chi connectivity index (χ3n) is 4.45. The number of amides is 2. The molecule has 0 unspecified atom stereocenters. The summed E-state index contributed by atoms with van der Waals surface area (Å²) in [5.41, 5.74) is -3.97. The number of nitrogens with one attached hydrogen (secondary N) is 2. The molecule has 1 heterocycles. The lowest BCUT2D eigenvalue weighted by atomic mass is 9.77. The van der Waals surface area contributed by atoms with E-state index in [0.29, 0.717) is 0 Å². The molecule has 1 fully saturated rings. The molecule has 10 heteroatoms. The Morgan fingerprint density at radius 2 is 1.64 bits per heavy atom. The van der Waals surface area contributed by atoms with Crippen molar-refractivity contribution in [1.82, 2.24) is 10.6 Å². The van der Waals surface area contributed by atoms with Crippen LogP contribution in [0, 0.1) is 11.7 Å². The fourth-order valence-electron chi connectivity index (χ4n) is 3.08. The third-order valence-corrected chi connectivity index (χ3v) is 4.70. The van der Waals surface area contributed by atoms with Crippen LogP contribution in [0.2, 0.25) is 5.02 Å². The monoisotopic (exact) mass is 416 g/mol. The number of carbonyl (C=O) groups is 2. The fourth-order valence-corrected chi connectivity index (χ4v) is 3.21. The van der Waals surface area contributed by atoms with Crippen LogP contribution in [0.1, 0.15) is 22.0 Å². The summed E-state index contributed by atoms with van der Waals surface area (Å²) in [5, 5.41) is 14.3. The van der Waals surface area contributed by atoms with Gasteiger partial charge in [-0.3, -0.25) is 4.79 Å². The van der Waals surface area contributed by atoms with Crippen molar-refractivity contribution in [2.75, 3.05) is 0 Å². The van der Waals surface area contributed by atoms with Crippen molar-refractivity contribution >= 4 is 23.4 Å². The molecule has 1 saturated heterocycles. The van der Waals surface area contributed by atoms with E-state index in [1.165, 1.54) is 29.6 Å². The molecule has 148 valence electrons. The Hall–Kier alpha value is -2.65. The normalized spacial score (nSPS) is 25.0. The van der Waals surface area contributed by atoms with Gasteiger partial charge < -0.3 is 15.7 Å². The van der Waals surface area contributed by atoms with E-state index in [1.807, 2.05) is 0 Å². The lowest BCUT2D eigenvalue weighted by molar-refractivity contribution is -0.287. The molecule has 0 aromatic heterocycles. The molecular formula is C18H13ClF4N2O3. The maximum atomic E-state index is 13.7. The van der Waals surface area contributed by atoms with Gasteiger partial charge in [0.1, 0.15) is 11.7 Å². The molecule has 2 aromatic carbocycles. The topological polar surface area (TPSA) is 78.4 Å². The fraction of sp³-hybridized carbons (Fsp3) is 0.222. The van der Waals surface area contributed by atoms with E-state index >= 15 is 0 Å². The van der Waals surface area contributed by atoms with Crippen LogP contribution in [-0.2, 0) is 0 Å². The lowest BCUT2D eigenvalue weighted by Gasteiger charge is -2.45. The highest BCUT2D eigenvalue weighted by Crippen LogP contribution is 2.44. The van der Waals surface area contributed by atoms with Crippen LogP contribution in [0.3, 0.4) is 0 Å². The molecule has 0 aliphatic carbocycles. The summed E-state index contributed by atoms with van der Waals surface area (Å²) < 4.78 is 54.4. The first-order chi connectivity index (χ1) is 13.0. The summed E-state index contributed by atoms with van der Waals surface area (Å²) in [5.74, 6) is -3.93. The molecule has 0 radical (unpaired) electrons. The average molecular weight is 417 g/mol. The van der Waals surface area contributed by atoms with Gasteiger partial charge in [-0.05, 0) is 42.0 Å². The number of alkyl halides is 3. The van der Waals surface area contributed by atoms with Crippen LogP contribution in [0.5, 0.6) is 0 Å². The maximum Gasteiger partial charge on any atom is 0.437 e. The van der Waals surface area contributed by atoms with Crippen molar-refractivity contribution in [2.24, 2.45) is 5.92 Å². The SMILES string of the molecule is O=C1N[C@H](c2ccc(F)cc2)[C@H](C(=O)c2ccc(Cl)cc2)[C@](O)(C(F)(F)F)N1. The summed E-state index contributed by atoms with van der Waals surface area (Å²) >= 11 is 5.74. The molecule has 0 spiro atoms. The van der Waals surface area contributed by atoms with Crippen LogP contribution in [0.25, 0.3) is 0 Å². The van der Waals surface area contributed by atoms with Crippen molar-refractivity contribution in [2.45, 2.75) is 17.9 Å². The molecule has 3 atom stereocenters. The van der Waals surface area contributed by atoms with Gasteiger partial charge in [-0.2, -0.15) is 13.2 Å². The Bertz CT molecular complexity index is 903. The molecule has 0 bridgehead atoms. The van der Waals surface area contributed by atoms with Gasteiger partial charge in [0.05, 0.1) is 6.04 Å². The molecular weight excluding hydrogens is 404 g/mol. The Kier molecular flexibility index (Phi) is 5.07. The van der Waals surface area contributed by atoms with E-state index in [4.69, 9.17) is 11.6 Å². The standard InChI is InChI=1S/C18H13ClF4N2O3/c19-11-5-1-10(2-6-11)15(26)13-14(9-3-7-12(20)8-4-9)24-16(27)25-17(13,28)18(21,22)23/h1-8,13-14,28H,(H2,24,25,27)/t13-,14-,17+/m1/s1. The highest BCUT2D eigenvalue weighted by atomic mass is 35.5. The Labute approximate surface area is 161 Å². The minimum atomic E-state index is -5.37. The first-order valence-corrected chi connectivity index (χ1v) is 8.34. The van der Waals surface area contributed by atoms with Gasteiger partial charge in [-0.1, -0.05) is 23.7 Å². The second-order valence-corrected chi connectivity index (χ2v) is 6.68. The molecule has 2 aromatic rings. The molecule has 2 amide bonds. The van der Waals surface area contributed by atoms with E-state index < -0.39 is 41.5 Å². The lowest BCUT2D eigenvalue weighted by Crippen LogP contribution is -2.72. The summed E-state index contributed by atoms with van der Waals surface area (Å²) in [4.78, 5) is 24.8. The summed E-state index contributed by atoms with van der Waals surface area (Å²) in [6, 6.07) is 6.35. The van der Waals surface area contributed by atoms with Crippen molar-refractivity contribution in [1.29, 1.82) is 0 Å². The summed E-state index contributed by atoms with van der Waals surface area (Å²) in [6.45, 7) is 0. The van der Waals surface area contributed by atoms with Crippen LogP contribution in [-0.4, -0.2) is 28.8 Å². The average Bonchev–Trinajstić information content (AvgIpc) is 2.61. The Balaban J connectivity index is 2.15. The zero-order valence-corrected chi connectivity index (χ0v) is 14.7.